The van der Waals surface area contributed by atoms with Gasteiger partial charge in [-0.2, -0.15) is 0 Å². The Morgan fingerprint density at radius 2 is 2.00 bits per heavy atom. The summed E-state index contributed by atoms with van der Waals surface area (Å²) in [5.41, 5.74) is 3.10. The van der Waals surface area contributed by atoms with Gasteiger partial charge in [0.15, 0.2) is 0 Å². The van der Waals surface area contributed by atoms with E-state index in [2.05, 4.69) is 10.3 Å². The predicted molar refractivity (Wildman–Crippen MR) is 120 cm³/mol. The number of fused-ring (bicyclic) bond motifs is 3. The summed E-state index contributed by atoms with van der Waals surface area (Å²) in [6.45, 7) is 2.51. The van der Waals surface area contributed by atoms with Crippen LogP contribution in [-0.4, -0.2) is 45.7 Å². The van der Waals surface area contributed by atoms with Gasteiger partial charge in [-0.05, 0) is 92.1 Å². The van der Waals surface area contributed by atoms with Crippen LogP contribution in [0.3, 0.4) is 0 Å². The van der Waals surface area contributed by atoms with Crippen LogP contribution in [-0.2, 0) is 11.2 Å². The van der Waals surface area contributed by atoms with Crippen LogP contribution < -0.4 is 5.32 Å². The molecule has 1 aliphatic heterocycles. The van der Waals surface area contributed by atoms with E-state index in [9.17, 15) is 9.59 Å². The van der Waals surface area contributed by atoms with Gasteiger partial charge in [-0.1, -0.05) is 6.07 Å². The summed E-state index contributed by atoms with van der Waals surface area (Å²) >= 11 is 0. The molecule has 7 rings (SSSR count). The van der Waals surface area contributed by atoms with E-state index in [4.69, 9.17) is 0 Å². The summed E-state index contributed by atoms with van der Waals surface area (Å²) in [6, 6.07) is 5.66. The number of likely N-dealkylation sites (tertiary alicyclic amines) is 1. The van der Waals surface area contributed by atoms with Gasteiger partial charge in [-0.25, -0.2) is 4.98 Å². The summed E-state index contributed by atoms with van der Waals surface area (Å²) in [6.07, 6.45) is 12.4. The maximum absolute atomic E-state index is 13.2. The van der Waals surface area contributed by atoms with Crippen molar-refractivity contribution >= 4 is 17.5 Å². The van der Waals surface area contributed by atoms with Crippen molar-refractivity contribution in [2.24, 2.45) is 28.6 Å². The van der Waals surface area contributed by atoms with E-state index in [0.29, 0.717) is 22.9 Å². The minimum Gasteiger partial charge on any atom is -0.350 e. The van der Waals surface area contributed by atoms with Crippen LogP contribution in [0.15, 0.2) is 24.4 Å². The lowest BCUT2D eigenvalue weighted by molar-refractivity contribution is -0.131. The Morgan fingerprint density at radius 1 is 1.12 bits per heavy atom. The van der Waals surface area contributed by atoms with Crippen LogP contribution in [0.25, 0.3) is 5.65 Å². The zero-order valence-corrected chi connectivity index (χ0v) is 18.7. The average Bonchev–Trinajstić information content (AvgIpc) is 3.64. The first kappa shape index (κ1) is 19.1. The van der Waals surface area contributed by atoms with E-state index < -0.39 is 0 Å². The van der Waals surface area contributed by atoms with Gasteiger partial charge in [-0.3, -0.25) is 14.0 Å². The first-order valence-corrected chi connectivity index (χ1v) is 12.6. The molecule has 4 aliphatic carbocycles. The second-order valence-corrected chi connectivity index (χ2v) is 11.5. The second kappa shape index (κ2) is 6.58. The largest absolute Gasteiger partial charge is 0.350 e. The number of nitrogens with one attached hydrogen (secondary N) is 1. The highest BCUT2D eigenvalue weighted by Crippen LogP contribution is 2.83. The SMILES string of the molecule is O=C(NCC12CC3CC3C3(CC3C1)C2)c1cccc2nc(CC(=O)N3CCCCC3)cn12. The number of carbonyl (C=O) groups excluding carboxylic acids is 2. The highest BCUT2D eigenvalue weighted by Gasteiger charge is 2.76. The maximum Gasteiger partial charge on any atom is 0.268 e. The second-order valence-electron chi connectivity index (χ2n) is 11.5. The van der Waals surface area contributed by atoms with Gasteiger partial charge in [0.05, 0.1) is 12.1 Å². The molecule has 2 bridgehead atoms. The molecule has 5 fully saturated rings. The molecule has 1 saturated heterocycles. The molecule has 5 unspecified atom stereocenters. The Hall–Kier alpha value is -2.37. The van der Waals surface area contributed by atoms with Crippen LogP contribution in [0.2, 0.25) is 0 Å². The smallest absolute Gasteiger partial charge is 0.268 e. The molecule has 4 saturated carbocycles. The molecule has 6 heteroatoms. The molecule has 2 aromatic rings. The molecule has 0 aromatic carbocycles. The minimum atomic E-state index is -0.0242. The molecule has 2 amide bonds. The van der Waals surface area contributed by atoms with E-state index in [-0.39, 0.29) is 11.8 Å². The lowest BCUT2D eigenvalue weighted by atomic mass is 9.71. The zero-order valence-electron chi connectivity index (χ0n) is 18.7. The molecule has 1 spiro atoms. The number of piperidine rings is 1. The lowest BCUT2D eigenvalue weighted by Crippen LogP contribution is -2.40. The van der Waals surface area contributed by atoms with Gasteiger partial charge < -0.3 is 10.2 Å². The molecule has 0 radical (unpaired) electrons. The normalized spacial score (nSPS) is 36.5. The molecule has 3 heterocycles. The first-order valence-electron chi connectivity index (χ1n) is 12.6. The quantitative estimate of drug-likeness (QED) is 0.787. The van der Waals surface area contributed by atoms with Gasteiger partial charge in [-0.15, -0.1) is 0 Å². The average molecular weight is 433 g/mol. The number of aromatic nitrogens is 2. The highest BCUT2D eigenvalue weighted by molar-refractivity contribution is 5.93. The van der Waals surface area contributed by atoms with Crippen LogP contribution in [0.1, 0.15) is 67.5 Å². The minimum absolute atomic E-state index is 0.0242. The van der Waals surface area contributed by atoms with Crippen molar-refractivity contribution in [3.8, 4) is 0 Å². The summed E-state index contributed by atoms with van der Waals surface area (Å²) in [5.74, 6) is 3.01. The van der Waals surface area contributed by atoms with E-state index in [1.54, 1.807) is 0 Å². The van der Waals surface area contributed by atoms with Crippen LogP contribution in [0.4, 0.5) is 0 Å². The molecule has 32 heavy (non-hydrogen) atoms. The molecular weight excluding hydrogens is 400 g/mol. The van der Waals surface area contributed by atoms with Crippen molar-refractivity contribution in [1.29, 1.82) is 0 Å². The predicted octanol–water partition coefficient (Wildman–Crippen LogP) is 3.45. The molecule has 5 atom stereocenters. The van der Waals surface area contributed by atoms with Crippen molar-refractivity contribution in [1.82, 2.24) is 19.6 Å². The highest BCUT2D eigenvalue weighted by atomic mass is 16.2. The maximum atomic E-state index is 13.2. The summed E-state index contributed by atoms with van der Waals surface area (Å²) in [5, 5.41) is 3.30. The first-order chi connectivity index (χ1) is 15.6. The van der Waals surface area contributed by atoms with Crippen LogP contribution in [0.5, 0.6) is 0 Å². The number of carbonyl (C=O) groups is 2. The zero-order chi connectivity index (χ0) is 21.5. The third-order valence-electron chi connectivity index (χ3n) is 9.46. The van der Waals surface area contributed by atoms with Gasteiger partial charge in [0.1, 0.15) is 11.3 Å². The molecule has 2 aromatic heterocycles. The lowest BCUT2D eigenvalue weighted by Gasteiger charge is -2.36. The van der Waals surface area contributed by atoms with Crippen molar-refractivity contribution in [3.63, 3.8) is 0 Å². The Kier molecular flexibility index (Phi) is 3.93. The van der Waals surface area contributed by atoms with Crippen molar-refractivity contribution in [2.75, 3.05) is 19.6 Å². The van der Waals surface area contributed by atoms with Crippen molar-refractivity contribution < 1.29 is 9.59 Å². The Labute approximate surface area is 188 Å². The Bertz CT molecular complexity index is 1110. The van der Waals surface area contributed by atoms with Gasteiger partial charge in [0.25, 0.3) is 5.91 Å². The molecule has 6 nitrogen and oxygen atoms in total. The van der Waals surface area contributed by atoms with Crippen molar-refractivity contribution in [2.45, 2.75) is 57.8 Å². The molecular formula is C26H32N4O2. The van der Waals surface area contributed by atoms with Crippen LogP contribution >= 0.6 is 0 Å². The molecule has 1 N–H and O–H groups in total. The van der Waals surface area contributed by atoms with E-state index in [1.165, 1.54) is 38.5 Å². The van der Waals surface area contributed by atoms with E-state index in [1.807, 2.05) is 33.7 Å². The van der Waals surface area contributed by atoms with Crippen molar-refractivity contribution in [3.05, 3.63) is 35.8 Å². The van der Waals surface area contributed by atoms with E-state index >= 15 is 0 Å². The number of hydrogen-bond donors (Lipinski definition) is 1. The van der Waals surface area contributed by atoms with Gasteiger partial charge in [0, 0.05) is 25.8 Å². The molecule has 168 valence electrons. The molecule has 5 aliphatic rings. The number of imidazole rings is 1. The fourth-order valence-corrected chi connectivity index (χ4v) is 7.97. The third kappa shape index (κ3) is 2.87. The summed E-state index contributed by atoms with van der Waals surface area (Å²) in [4.78, 5) is 32.5. The summed E-state index contributed by atoms with van der Waals surface area (Å²) in [7, 11) is 0. The fraction of sp³-hybridized carbons (Fsp3) is 0.654. The monoisotopic (exact) mass is 432 g/mol. The fourth-order valence-electron chi connectivity index (χ4n) is 7.97. The van der Waals surface area contributed by atoms with E-state index in [0.717, 1.165) is 61.6 Å². The van der Waals surface area contributed by atoms with Gasteiger partial charge in [0.2, 0.25) is 5.91 Å². The van der Waals surface area contributed by atoms with Crippen LogP contribution in [0, 0.1) is 28.6 Å². The number of pyridine rings is 1. The Morgan fingerprint density at radius 3 is 2.88 bits per heavy atom. The number of rotatable bonds is 5. The van der Waals surface area contributed by atoms with Gasteiger partial charge >= 0.3 is 0 Å². The topological polar surface area (TPSA) is 66.7 Å². The Balaban J connectivity index is 1.06. The summed E-state index contributed by atoms with van der Waals surface area (Å²) < 4.78 is 1.86. The number of amides is 2. The number of hydrogen-bond acceptors (Lipinski definition) is 3. The number of nitrogens with zero attached hydrogens (tertiary/aromatic N) is 3. The standard InChI is InChI=1S/C26H32N4O2/c31-23(29-7-2-1-3-8-29)10-19-14-30-21(5-4-6-22(30)28-19)24(32)27-16-25-11-17-9-20(17)26(15-25)13-18(26)12-25/h4-6,14,17-18,20H,1-3,7-13,15-16H2,(H,27,32). The third-order valence-corrected chi connectivity index (χ3v) is 9.46.